The van der Waals surface area contributed by atoms with E-state index in [1.165, 1.54) is 88.2 Å². The van der Waals surface area contributed by atoms with Crippen molar-refractivity contribution in [2.75, 3.05) is 81.2 Å². The van der Waals surface area contributed by atoms with Crippen molar-refractivity contribution in [2.24, 2.45) is 0 Å². The maximum Gasteiger partial charge on any atom is 0.351 e. The number of aryl methyl sites for hydroxylation is 2. The smallest absolute Gasteiger partial charge is 0.351 e. The number of aromatic nitrogens is 24. The summed E-state index contributed by atoms with van der Waals surface area (Å²) < 4.78 is 152. The van der Waals surface area contributed by atoms with Crippen molar-refractivity contribution in [3.05, 3.63) is 118 Å². The molecule has 0 bridgehead atoms. The second-order valence-electron chi connectivity index (χ2n) is 33.9. The number of imidazole rings is 5. The lowest BCUT2D eigenvalue weighted by molar-refractivity contribution is -0.221. The van der Waals surface area contributed by atoms with Crippen molar-refractivity contribution in [1.29, 1.82) is 0 Å². The zero-order valence-corrected chi connectivity index (χ0v) is 88.3. The van der Waals surface area contributed by atoms with E-state index in [2.05, 4.69) is 84.7 Å². The number of H-pyrrole nitrogens is 1. The van der Waals surface area contributed by atoms with Gasteiger partial charge in [-0.15, -0.1) is 0 Å². The molecule has 0 amide bonds. The highest BCUT2D eigenvalue weighted by Crippen LogP contribution is 2.57. The van der Waals surface area contributed by atoms with E-state index in [9.17, 15) is 38.5 Å². The summed E-state index contributed by atoms with van der Waals surface area (Å²) in [5, 5.41) is 0. The van der Waals surface area contributed by atoms with Gasteiger partial charge < -0.3 is 173 Å². The minimum absolute atomic E-state index is 0.0245. The maximum atomic E-state index is 15.1. The Balaban J connectivity index is 0.537. The Labute approximate surface area is 862 Å². The second-order valence-corrected chi connectivity index (χ2v) is 53.0. The quantitative estimate of drug-likeness (QED) is 0.0181. The maximum absolute atomic E-state index is 15.1. The molecule has 28 atom stereocenters. The molecule has 61 nitrogen and oxygen atoms in total. The van der Waals surface area contributed by atoms with Gasteiger partial charge in [-0.25, -0.2) is 84.3 Å². The fourth-order valence-corrected chi connectivity index (χ4v) is 27.2. The molecule has 794 valence electrons. The van der Waals surface area contributed by atoms with Crippen LogP contribution in [0.5, 0.6) is 0 Å². The van der Waals surface area contributed by atoms with Crippen LogP contribution in [0.3, 0.4) is 0 Å². The Hall–Kier alpha value is -7.49. The van der Waals surface area contributed by atoms with E-state index in [1.807, 2.05) is 6.92 Å². The lowest BCUT2D eigenvalue weighted by Crippen LogP contribution is -2.34. The van der Waals surface area contributed by atoms with Crippen molar-refractivity contribution >= 4 is 221 Å². The lowest BCUT2D eigenvalue weighted by Gasteiger charge is -2.36. The average Bonchev–Trinajstić information content (AvgIpc) is 1.64. The molecule has 19 rings (SSSR count). The summed E-state index contributed by atoms with van der Waals surface area (Å²) in [6, 6.07) is 0. The Bertz CT molecular complexity index is 7540. The zero-order chi connectivity index (χ0) is 104. The first kappa shape index (κ1) is 108. The molecule has 7 aliphatic rings. The fraction of sp³-hybridized carbons (Fsp3) is 0.542. The summed E-state index contributed by atoms with van der Waals surface area (Å²) >= 11 is 38.5. The predicted octanol–water partition coefficient (Wildman–Crippen LogP) is -0.868. The first-order valence-electron chi connectivity index (χ1n) is 44.1. The number of nitrogens with one attached hydrogen (secondary N) is 1. The van der Waals surface area contributed by atoms with Gasteiger partial charge in [-0.1, -0.05) is 77.8 Å². The molecule has 19 heterocycles. The molecular formula is C72H86N30O31P7S7-7. The van der Waals surface area contributed by atoms with E-state index in [-0.39, 0.29) is 130 Å². The van der Waals surface area contributed by atoms with Crippen LogP contribution in [0.25, 0.3) is 55.8 Å². The van der Waals surface area contributed by atoms with E-state index in [0.29, 0.717) is 23.1 Å². The number of nitrogens with zero attached hydrogens (tertiary/aromatic N) is 23. The van der Waals surface area contributed by atoms with Crippen LogP contribution in [0.15, 0.2) is 90.1 Å². The normalized spacial score (nSPS) is 29.4. The van der Waals surface area contributed by atoms with Crippen molar-refractivity contribution in [1.82, 2.24) is 117 Å². The van der Waals surface area contributed by atoms with E-state index < -0.39 is 233 Å². The van der Waals surface area contributed by atoms with Crippen molar-refractivity contribution in [2.45, 2.75) is 201 Å². The van der Waals surface area contributed by atoms with Gasteiger partial charge in [-0.2, -0.15) is 4.98 Å². The molecule has 7 aliphatic heterocycles. The Kier molecular flexibility index (Phi) is 31.9. The monoisotopic (exact) mass is 2310 g/mol. The number of anilines is 6. The number of nitrogen functional groups attached to an aromatic ring is 6. The fourth-order valence-electron chi connectivity index (χ4n) is 17.5. The van der Waals surface area contributed by atoms with E-state index in [1.54, 1.807) is 11.5 Å². The number of hydrogen-bond donors (Lipinski definition) is 7. The Morgan fingerprint density at radius 1 is 0.354 bits per heavy atom. The van der Waals surface area contributed by atoms with Gasteiger partial charge in [0.1, 0.15) is 186 Å². The minimum Gasteiger partial charge on any atom is -0.780 e. The van der Waals surface area contributed by atoms with Crippen LogP contribution in [0, 0.1) is 13.8 Å². The summed E-state index contributed by atoms with van der Waals surface area (Å²) in [6.07, 6.45) is -12.3. The highest BCUT2D eigenvalue weighted by atomic mass is 32.7. The highest BCUT2D eigenvalue weighted by Gasteiger charge is 2.50. The van der Waals surface area contributed by atoms with Crippen LogP contribution in [0.2, 0.25) is 0 Å². The number of ether oxygens (including phenoxy) is 7. The van der Waals surface area contributed by atoms with Crippen LogP contribution < -0.4 is 80.7 Å². The van der Waals surface area contributed by atoms with Crippen molar-refractivity contribution < 1.29 is 130 Å². The standard InChI is InChI=1S/C72H93N30O31P7S7/c1-5-33-34(6-49(120-33)98-26-89-54-60(74)79-21-84-65(54)98)128-135(107,142)114-18-44-38(10-51(124-44)100-28-91-56-62(76)81-23-86-67(56)100)131-138(110,145)116-16-42-36(7-47(121-42)96-13-31(2)59(73)94-71(96)104)129-137(109,144)118-19-45-40(12-53(125-45)102-30-93-58-64(78)83-25-88-69(58)102)133-140(112,147)119-20-46-39(11-52(126-46)101-29-92-57-63(77)82-24-87-68(57)101)132-139(111,146)117-17-43-37(8-48(122-43)97-14-32(3)70(103)95-72(97)105)130-136(108,143)115-15-41-35(127-134(106,141)113-4)9-50(123-41)99-27-90-55-61(75)80-22-85-66(55)99/h13-14,21-30,33-53H,5-12,15-20H2,1-4H3,(H,106,141)(H,107,142)(H,108,143)(H,109,144)(H,110,145)(H,111,146)(H,112,147)(H2,73,94,104)(H2,74,79,84)(H2,75,80,85)(H2,76,81,86)(H2,77,82,87)(H2,78,83,88)(H,95,103,105)/p-7/t33-,34?,35?,36?,37?,38?,39?,40?,41-,42-,43-,44-,45-,46-,47-,48-,49-,50-,51-,52-,53-,134?,135?,136?,137?,138?,139?,140?/m1/s1. The van der Waals surface area contributed by atoms with Gasteiger partial charge in [0.25, 0.3) is 5.56 Å². The van der Waals surface area contributed by atoms with Gasteiger partial charge in [0.15, 0.2) is 64.1 Å². The predicted molar refractivity (Wildman–Crippen MR) is 520 cm³/mol. The van der Waals surface area contributed by atoms with Gasteiger partial charge in [-0.3, -0.25) is 46.3 Å². The molecule has 0 radical (unpaired) electrons. The van der Waals surface area contributed by atoms with E-state index in [4.69, 9.17) is 214 Å². The third kappa shape index (κ3) is 24.1. The molecular weight excluding hydrogens is 2220 g/mol. The minimum atomic E-state index is -4.97. The number of fused-ring (bicyclic) bond motifs is 5. The third-order valence-electron chi connectivity index (χ3n) is 24.5. The van der Waals surface area contributed by atoms with Crippen LogP contribution in [-0.2, 0) is 184 Å². The van der Waals surface area contributed by atoms with E-state index >= 15 is 9.79 Å². The average molecular weight is 2310 g/mol. The number of hydrogen-bond acceptors (Lipinski definition) is 60. The van der Waals surface area contributed by atoms with Crippen LogP contribution >= 0.6 is 47.1 Å². The zero-order valence-electron chi connectivity index (χ0n) is 76.3. The molecule has 14 unspecified atom stereocenters. The Morgan fingerprint density at radius 3 is 0.884 bits per heavy atom. The molecule has 0 aliphatic carbocycles. The first-order chi connectivity index (χ1) is 69.8. The molecule has 75 heteroatoms. The molecule has 147 heavy (non-hydrogen) atoms. The molecule has 7 fully saturated rings. The van der Waals surface area contributed by atoms with E-state index in [0.717, 1.165) is 28.9 Å². The summed E-state index contributed by atoms with van der Waals surface area (Å²) in [5.74, 6) is 0.0631. The second kappa shape index (κ2) is 43.5. The number of nitrogens with two attached hydrogens (primary N) is 6. The highest BCUT2D eigenvalue weighted by molar-refractivity contribution is 8.32. The van der Waals surface area contributed by atoms with Crippen LogP contribution in [0.1, 0.15) is 113 Å². The molecule has 12 aromatic rings. The van der Waals surface area contributed by atoms with Gasteiger partial charge in [0.05, 0.1) is 120 Å². The first-order valence-corrected chi connectivity index (χ1v) is 62.0. The summed E-state index contributed by atoms with van der Waals surface area (Å²) in [4.78, 5) is 196. The van der Waals surface area contributed by atoms with Crippen LogP contribution in [-0.4, -0.2) is 249 Å². The summed E-state index contributed by atoms with van der Waals surface area (Å²) in [5.41, 5.74) is 36.7. The Morgan fingerprint density at radius 2 is 0.599 bits per heavy atom. The van der Waals surface area contributed by atoms with Crippen LogP contribution in [0.4, 0.5) is 34.9 Å². The van der Waals surface area contributed by atoms with Crippen molar-refractivity contribution in [3.8, 4) is 0 Å². The molecule has 13 N–H and O–H groups in total. The number of rotatable bonds is 41. The largest absolute Gasteiger partial charge is 0.780 e. The van der Waals surface area contributed by atoms with Crippen molar-refractivity contribution in [3.63, 3.8) is 0 Å². The van der Waals surface area contributed by atoms with Gasteiger partial charge >= 0.3 is 11.4 Å². The summed E-state index contributed by atoms with van der Waals surface area (Å²) in [6.45, 7) is -33.1. The topological polar surface area (TPSA) is 813 Å². The SMILES string of the molecule is CC[C@H]1O[C@@H](n2cnc3c(N)ncnc32)CC1OP([O-])(=S)OC[C@H]1O[C@@H](n2cnc3c(N)ncnc32)CC1OP(=O)([S-])OC[C@H]1O[C@@H](n2cc(C)c(N)nc2=O)CC1OP([O-])(=S)OC[C@H]1O[C@@H](n2cnc3c(N)ncnc32)CC1OP([O-])(=S)OC[C@H]1O[C@@H](n2cnc3c(N)ncnc32)CC1OP([O-])(=S)OC[C@H]1O[C@@H](n2cc(C)c(=O)[nH]c2=O)CC1OP([O-])(=S)OC[C@H]1O[C@@H](n2cnc3c(N)ncnc32)CC1OP([O-])(=S)OC. The third-order valence-corrected chi connectivity index (χ3v) is 35.6. The molecule has 0 saturated carbocycles. The van der Waals surface area contributed by atoms with Gasteiger partial charge in [0, 0.05) is 75.6 Å². The van der Waals surface area contributed by atoms with Gasteiger partial charge in [-0.05, 0) is 20.3 Å². The molecule has 7 saturated heterocycles. The molecule has 0 spiro atoms. The molecule has 0 aromatic carbocycles. The summed E-state index contributed by atoms with van der Waals surface area (Å²) in [7, 11) is 1.07. The number of aromatic amines is 1. The van der Waals surface area contributed by atoms with Gasteiger partial charge in [0.2, 0.25) is 0 Å². The molecule has 12 aromatic heterocycles. The lowest BCUT2D eigenvalue weighted by atomic mass is 10.1.